The van der Waals surface area contributed by atoms with E-state index in [4.69, 9.17) is 5.26 Å². The van der Waals surface area contributed by atoms with Crippen molar-refractivity contribution in [1.29, 1.82) is 5.26 Å². The van der Waals surface area contributed by atoms with Crippen molar-refractivity contribution < 1.29 is 4.79 Å². The van der Waals surface area contributed by atoms with Gasteiger partial charge in [-0.3, -0.25) is 9.78 Å². The molecule has 0 unspecified atom stereocenters. The number of hydrogen-bond acceptors (Lipinski definition) is 6. The van der Waals surface area contributed by atoms with E-state index in [1.54, 1.807) is 41.6 Å². The van der Waals surface area contributed by atoms with E-state index in [9.17, 15) is 4.79 Å². The van der Waals surface area contributed by atoms with Gasteiger partial charge in [0.2, 0.25) is 0 Å². The summed E-state index contributed by atoms with van der Waals surface area (Å²) in [6.07, 6.45) is 5.16. The summed E-state index contributed by atoms with van der Waals surface area (Å²) >= 11 is 0. The molecule has 0 spiro atoms. The van der Waals surface area contributed by atoms with Crippen molar-refractivity contribution in [2.75, 3.05) is 6.54 Å². The molecule has 8 heteroatoms. The number of nitriles is 1. The van der Waals surface area contributed by atoms with E-state index in [1.165, 1.54) is 11.0 Å². The lowest BCUT2D eigenvalue weighted by molar-refractivity contribution is 0.0747. The number of tetrazole rings is 1. The highest BCUT2D eigenvalue weighted by Crippen LogP contribution is 2.13. The van der Waals surface area contributed by atoms with Crippen LogP contribution in [0.2, 0.25) is 0 Å². The molecule has 2 aromatic heterocycles. The predicted octanol–water partition coefficient (Wildman–Crippen LogP) is 1.61. The maximum atomic E-state index is 12.8. The molecule has 3 aromatic rings. The minimum Gasteiger partial charge on any atom is -0.333 e. The third kappa shape index (κ3) is 4.03. The lowest BCUT2D eigenvalue weighted by Crippen LogP contribution is -2.31. The van der Waals surface area contributed by atoms with Gasteiger partial charge >= 0.3 is 0 Å². The molecule has 0 saturated carbocycles. The second-order valence-corrected chi connectivity index (χ2v) is 5.30. The zero-order valence-corrected chi connectivity index (χ0v) is 13.4. The van der Waals surface area contributed by atoms with E-state index in [2.05, 4.69) is 26.6 Å². The maximum absolute atomic E-state index is 12.8. The van der Waals surface area contributed by atoms with Crippen LogP contribution in [0.3, 0.4) is 0 Å². The largest absolute Gasteiger partial charge is 0.333 e. The summed E-state index contributed by atoms with van der Waals surface area (Å²) in [6, 6.07) is 12.8. The number of nitrogens with zero attached hydrogens (tertiary/aromatic N) is 7. The number of hydrogen-bond donors (Lipinski definition) is 0. The van der Waals surface area contributed by atoms with Gasteiger partial charge in [-0.1, -0.05) is 6.07 Å². The maximum Gasteiger partial charge on any atom is 0.254 e. The molecule has 0 fully saturated rings. The van der Waals surface area contributed by atoms with Crippen molar-refractivity contribution in [3.63, 3.8) is 0 Å². The molecule has 0 bridgehead atoms. The van der Waals surface area contributed by atoms with Gasteiger partial charge in [-0.05, 0) is 46.3 Å². The Balaban J connectivity index is 1.78. The standard InChI is InChI=1S/C17H15N7O/c18-8-2-10-23(12-14-3-1-9-19-11-14)17(25)15-4-6-16(7-5-15)24-13-20-21-22-24/h1,3-7,9,11,13H,2,10,12H2. The SMILES string of the molecule is N#CCCN(Cc1cccnc1)C(=O)c1ccc(-n2cnnn2)cc1. The summed E-state index contributed by atoms with van der Waals surface area (Å²) < 4.78 is 1.51. The molecule has 0 aliphatic carbocycles. The quantitative estimate of drug-likeness (QED) is 0.679. The van der Waals surface area contributed by atoms with Crippen molar-refractivity contribution in [2.24, 2.45) is 0 Å². The van der Waals surface area contributed by atoms with E-state index < -0.39 is 0 Å². The van der Waals surface area contributed by atoms with Crippen LogP contribution in [0.25, 0.3) is 5.69 Å². The summed E-state index contributed by atoms with van der Waals surface area (Å²) in [5.74, 6) is -0.137. The fourth-order valence-electron chi connectivity index (χ4n) is 2.37. The van der Waals surface area contributed by atoms with E-state index in [0.717, 1.165) is 11.3 Å². The average molecular weight is 333 g/mol. The summed E-state index contributed by atoms with van der Waals surface area (Å²) in [5.41, 5.74) is 2.22. The van der Waals surface area contributed by atoms with Gasteiger partial charge < -0.3 is 4.90 Å². The molecular weight excluding hydrogens is 318 g/mol. The van der Waals surface area contributed by atoms with Crippen LogP contribution in [0.1, 0.15) is 22.3 Å². The van der Waals surface area contributed by atoms with Gasteiger partial charge in [0.05, 0.1) is 18.2 Å². The Kier molecular flexibility index (Phi) is 5.07. The molecule has 0 aliphatic rings. The molecule has 2 heterocycles. The predicted molar refractivity (Wildman–Crippen MR) is 88.4 cm³/mol. The van der Waals surface area contributed by atoms with Gasteiger partial charge in [0.15, 0.2) is 0 Å². The summed E-state index contributed by atoms with van der Waals surface area (Å²) in [5, 5.41) is 19.8. The molecule has 0 radical (unpaired) electrons. The van der Waals surface area contributed by atoms with E-state index in [0.29, 0.717) is 18.7 Å². The van der Waals surface area contributed by atoms with Crippen molar-refractivity contribution >= 4 is 5.91 Å². The van der Waals surface area contributed by atoms with E-state index in [-0.39, 0.29) is 12.3 Å². The number of benzene rings is 1. The Morgan fingerprint density at radius 1 is 1.24 bits per heavy atom. The first kappa shape index (κ1) is 16.3. The number of carbonyl (C=O) groups excluding carboxylic acids is 1. The lowest BCUT2D eigenvalue weighted by Gasteiger charge is -2.21. The van der Waals surface area contributed by atoms with Crippen molar-refractivity contribution in [3.8, 4) is 11.8 Å². The molecule has 124 valence electrons. The zero-order chi connectivity index (χ0) is 17.5. The average Bonchev–Trinajstić information content (AvgIpc) is 3.20. The molecular formula is C17H15N7O. The third-order valence-corrected chi connectivity index (χ3v) is 3.60. The van der Waals surface area contributed by atoms with Gasteiger partial charge in [0.1, 0.15) is 6.33 Å². The molecule has 1 aromatic carbocycles. The highest BCUT2D eigenvalue weighted by molar-refractivity contribution is 5.94. The van der Waals surface area contributed by atoms with Gasteiger partial charge in [-0.2, -0.15) is 5.26 Å². The summed E-state index contributed by atoms with van der Waals surface area (Å²) in [7, 11) is 0. The van der Waals surface area contributed by atoms with Crippen LogP contribution >= 0.6 is 0 Å². The second kappa shape index (κ2) is 7.79. The molecule has 0 N–H and O–H groups in total. The van der Waals surface area contributed by atoms with Crippen LogP contribution in [-0.2, 0) is 6.54 Å². The molecule has 0 aliphatic heterocycles. The molecule has 1 amide bonds. The van der Waals surface area contributed by atoms with Crippen LogP contribution in [-0.4, -0.2) is 42.5 Å². The smallest absolute Gasteiger partial charge is 0.254 e. The van der Waals surface area contributed by atoms with Crippen LogP contribution in [0.5, 0.6) is 0 Å². The first-order valence-electron chi connectivity index (χ1n) is 7.66. The molecule has 0 saturated heterocycles. The minimum atomic E-state index is -0.137. The van der Waals surface area contributed by atoms with Gasteiger partial charge in [-0.25, -0.2) is 4.68 Å². The Bertz CT molecular complexity index is 854. The second-order valence-electron chi connectivity index (χ2n) is 5.30. The Morgan fingerprint density at radius 2 is 2.08 bits per heavy atom. The number of pyridine rings is 1. The summed E-state index contributed by atoms with van der Waals surface area (Å²) in [6.45, 7) is 0.766. The third-order valence-electron chi connectivity index (χ3n) is 3.60. The number of aromatic nitrogens is 5. The van der Waals surface area contributed by atoms with Crippen LogP contribution in [0.4, 0.5) is 0 Å². The monoisotopic (exact) mass is 333 g/mol. The van der Waals surface area contributed by atoms with Crippen LogP contribution in [0, 0.1) is 11.3 Å². The Morgan fingerprint density at radius 3 is 2.72 bits per heavy atom. The van der Waals surface area contributed by atoms with Crippen LogP contribution in [0.15, 0.2) is 55.1 Å². The highest BCUT2D eigenvalue weighted by Gasteiger charge is 2.16. The first-order valence-corrected chi connectivity index (χ1v) is 7.66. The number of amides is 1. The van der Waals surface area contributed by atoms with Gasteiger partial charge in [-0.15, -0.1) is 5.10 Å². The van der Waals surface area contributed by atoms with Gasteiger partial charge in [0, 0.05) is 31.0 Å². The molecule has 25 heavy (non-hydrogen) atoms. The number of rotatable bonds is 6. The topological polar surface area (TPSA) is 101 Å². The van der Waals surface area contributed by atoms with Crippen LogP contribution < -0.4 is 0 Å². The zero-order valence-electron chi connectivity index (χ0n) is 13.4. The number of carbonyl (C=O) groups is 1. The summed E-state index contributed by atoms with van der Waals surface area (Å²) in [4.78, 5) is 18.5. The van der Waals surface area contributed by atoms with Crippen molar-refractivity contribution in [2.45, 2.75) is 13.0 Å². The Hall–Kier alpha value is -3.60. The van der Waals surface area contributed by atoms with E-state index >= 15 is 0 Å². The van der Waals surface area contributed by atoms with Crippen molar-refractivity contribution in [3.05, 3.63) is 66.2 Å². The molecule has 0 atom stereocenters. The fourth-order valence-corrected chi connectivity index (χ4v) is 2.37. The normalized spacial score (nSPS) is 10.2. The highest BCUT2D eigenvalue weighted by atomic mass is 16.2. The minimum absolute atomic E-state index is 0.137. The lowest BCUT2D eigenvalue weighted by atomic mass is 10.1. The van der Waals surface area contributed by atoms with E-state index in [1.807, 2.05) is 12.1 Å². The Labute approximate surface area is 144 Å². The molecule has 3 rings (SSSR count). The van der Waals surface area contributed by atoms with Crippen molar-refractivity contribution in [1.82, 2.24) is 30.1 Å². The molecule has 8 nitrogen and oxygen atoms in total. The fraction of sp³-hybridized carbons (Fsp3) is 0.176. The van der Waals surface area contributed by atoms with Gasteiger partial charge in [0.25, 0.3) is 5.91 Å². The first-order chi connectivity index (χ1) is 12.3.